The van der Waals surface area contributed by atoms with Crippen molar-refractivity contribution in [2.24, 2.45) is 11.7 Å². The van der Waals surface area contributed by atoms with E-state index in [-0.39, 0.29) is 5.91 Å². The molecule has 1 saturated heterocycles. The fourth-order valence-electron chi connectivity index (χ4n) is 2.70. The van der Waals surface area contributed by atoms with Gasteiger partial charge in [-0.05, 0) is 42.6 Å². The van der Waals surface area contributed by atoms with Gasteiger partial charge in [0.05, 0.1) is 11.1 Å². The van der Waals surface area contributed by atoms with Crippen molar-refractivity contribution in [2.45, 2.75) is 12.8 Å². The second-order valence-corrected chi connectivity index (χ2v) is 5.04. The lowest BCUT2D eigenvalue weighted by molar-refractivity contribution is 0.100. The Kier molecular flexibility index (Phi) is 2.59. The fourth-order valence-corrected chi connectivity index (χ4v) is 2.70. The van der Waals surface area contributed by atoms with Crippen molar-refractivity contribution in [3.05, 3.63) is 35.5 Å². The second-order valence-electron chi connectivity index (χ2n) is 5.04. The highest BCUT2D eigenvalue weighted by Gasteiger charge is 2.26. The third kappa shape index (κ3) is 1.61. The topological polar surface area (TPSA) is 70.9 Å². The van der Waals surface area contributed by atoms with Crippen molar-refractivity contribution in [1.82, 2.24) is 10.3 Å². The molecule has 2 aromatic rings. The lowest BCUT2D eigenvalue weighted by atomic mass is 9.82. The number of fused-ring (bicyclic) bond motifs is 1. The highest BCUT2D eigenvalue weighted by Crippen LogP contribution is 2.33. The maximum Gasteiger partial charge on any atom is 0.250 e. The SMILES string of the molecule is CC(c1ccc(C(N)=O)c2[nH]ccc12)C1CNC1. The molecule has 4 N–H and O–H groups in total. The van der Waals surface area contributed by atoms with E-state index in [9.17, 15) is 4.79 Å². The van der Waals surface area contributed by atoms with E-state index in [1.807, 2.05) is 24.4 Å². The van der Waals surface area contributed by atoms with Gasteiger partial charge in [-0.25, -0.2) is 0 Å². The molecule has 0 spiro atoms. The summed E-state index contributed by atoms with van der Waals surface area (Å²) in [6.07, 6.45) is 1.87. The predicted octanol–water partition coefficient (Wildman–Crippen LogP) is 1.59. The molecule has 1 aromatic carbocycles. The van der Waals surface area contributed by atoms with E-state index in [4.69, 9.17) is 5.73 Å². The van der Waals surface area contributed by atoms with Gasteiger partial charge in [-0.1, -0.05) is 13.0 Å². The summed E-state index contributed by atoms with van der Waals surface area (Å²) >= 11 is 0. The summed E-state index contributed by atoms with van der Waals surface area (Å²) in [6.45, 7) is 4.40. The molecule has 1 aromatic heterocycles. The summed E-state index contributed by atoms with van der Waals surface area (Å²) in [5, 5.41) is 4.42. The Bertz CT molecular complexity index is 598. The molecule has 0 bridgehead atoms. The quantitative estimate of drug-likeness (QED) is 0.766. The van der Waals surface area contributed by atoms with E-state index >= 15 is 0 Å². The van der Waals surface area contributed by atoms with Crippen LogP contribution in [0.5, 0.6) is 0 Å². The van der Waals surface area contributed by atoms with Crippen LogP contribution >= 0.6 is 0 Å². The van der Waals surface area contributed by atoms with Crippen LogP contribution in [0.2, 0.25) is 0 Å². The third-order valence-electron chi connectivity index (χ3n) is 4.03. The Balaban J connectivity index is 2.10. The first-order valence-electron chi connectivity index (χ1n) is 6.29. The van der Waals surface area contributed by atoms with Gasteiger partial charge in [-0.15, -0.1) is 0 Å². The maximum absolute atomic E-state index is 11.4. The van der Waals surface area contributed by atoms with Crippen LogP contribution < -0.4 is 11.1 Å². The molecule has 94 valence electrons. The molecule has 18 heavy (non-hydrogen) atoms. The van der Waals surface area contributed by atoms with Gasteiger partial charge in [0, 0.05) is 11.6 Å². The molecule has 1 unspecified atom stereocenters. The van der Waals surface area contributed by atoms with Crippen LogP contribution in [0, 0.1) is 5.92 Å². The van der Waals surface area contributed by atoms with E-state index in [0.717, 1.165) is 24.0 Å². The van der Waals surface area contributed by atoms with Gasteiger partial charge < -0.3 is 16.0 Å². The number of aromatic nitrogens is 1. The molecule has 0 aliphatic carbocycles. The molecule has 1 fully saturated rings. The van der Waals surface area contributed by atoms with Crippen molar-refractivity contribution < 1.29 is 4.79 Å². The number of rotatable bonds is 3. The number of nitrogens with one attached hydrogen (secondary N) is 2. The molecular weight excluding hydrogens is 226 g/mol. The van der Waals surface area contributed by atoms with Crippen LogP contribution in [0.1, 0.15) is 28.8 Å². The normalized spacial score (nSPS) is 17.6. The zero-order chi connectivity index (χ0) is 12.7. The number of hydrogen-bond donors (Lipinski definition) is 3. The lowest BCUT2D eigenvalue weighted by Crippen LogP contribution is -2.44. The van der Waals surface area contributed by atoms with Crippen molar-refractivity contribution >= 4 is 16.8 Å². The van der Waals surface area contributed by atoms with Gasteiger partial charge in [0.25, 0.3) is 5.91 Å². The standard InChI is InChI=1S/C14H17N3O/c1-8(9-6-16-7-9)10-2-3-12(14(15)18)13-11(10)4-5-17-13/h2-5,8-9,16-17H,6-7H2,1H3,(H2,15,18). The molecule has 3 rings (SSSR count). The number of benzene rings is 1. The summed E-state index contributed by atoms with van der Waals surface area (Å²) in [4.78, 5) is 14.5. The average Bonchev–Trinajstić information content (AvgIpc) is 2.73. The zero-order valence-corrected chi connectivity index (χ0v) is 10.4. The lowest BCUT2D eigenvalue weighted by Gasteiger charge is -2.33. The van der Waals surface area contributed by atoms with Crippen LogP contribution in [-0.4, -0.2) is 24.0 Å². The van der Waals surface area contributed by atoms with Crippen LogP contribution in [0.25, 0.3) is 10.9 Å². The van der Waals surface area contributed by atoms with Crippen molar-refractivity contribution in [3.8, 4) is 0 Å². The second kappa shape index (κ2) is 4.14. The Hall–Kier alpha value is -1.81. The minimum atomic E-state index is -0.382. The molecule has 4 heteroatoms. The largest absolute Gasteiger partial charge is 0.366 e. The number of H-pyrrole nitrogens is 1. The smallest absolute Gasteiger partial charge is 0.250 e. The van der Waals surface area contributed by atoms with Gasteiger partial charge in [0.1, 0.15) is 0 Å². The summed E-state index contributed by atoms with van der Waals surface area (Å²) in [6, 6.07) is 5.90. The van der Waals surface area contributed by atoms with Crippen LogP contribution in [0.15, 0.2) is 24.4 Å². The predicted molar refractivity (Wildman–Crippen MR) is 71.6 cm³/mol. The minimum absolute atomic E-state index is 0.382. The number of aromatic amines is 1. The van der Waals surface area contributed by atoms with Gasteiger partial charge in [-0.3, -0.25) is 4.79 Å². The summed E-state index contributed by atoms with van der Waals surface area (Å²) in [7, 11) is 0. The van der Waals surface area contributed by atoms with Gasteiger partial charge >= 0.3 is 0 Å². The minimum Gasteiger partial charge on any atom is -0.366 e. The molecule has 1 atom stereocenters. The first-order chi connectivity index (χ1) is 8.68. The molecule has 0 saturated carbocycles. The van der Waals surface area contributed by atoms with E-state index in [0.29, 0.717) is 17.4 Å². The number of primary amides is 1. The van der Waals surface area contributed by atoms with Crippen molar-refractivity contribution in [2.75, 3.05) is 13.1 Å². The Morgan fingerprint density at radius 3 is 2.78 bits per heavy atom. The molecule has 1 amide bonds. The molecular formula is C14H17N3O. The van der Waals surface area contributed by atoms with Crippen LogP contribution in [-0.2, 0) is 0 Å². The van der Waals surface area contributed by atoms with Crippen molar-refractivity contribution in [1.29, 1.82) is 0 Å². The number of amides is 1. The van der Waals surface area contributed by atoms with Gasteiger partial charge in [-0.2, -0.15) is 0 Å². The summed E-state index contributed by atoms with van der Waals surface area (Å²) in [5.41, 5.74) is 8.12. The number of carbonyl (C=O) groups excluding carboxylic acids is 1. The average molecular weight is 243 g/mol. The summed E-state index contributed by atoms with van der Waals surface area (Å²) < 4.78 is 0. The first kappa shape index (κ1) is 11.3. The van der Waals surface area contributed by atoms with E-state index in [1.165, 1.54) is 5.56 Å². The fraction of sp³-hybridized carbons (Fsp3) is 0.357. The third-order valence-corrected chi connectivity index (χ3v) is 4.03. The van der Waals surface area contributed by atoms with Crippen molar-refractivity contribution in [3.63, 3.8) is 0 Å². The Morgan fingerprint density at radius 2 is 2.17 bits per heavy atom. The van der Waals surface area contributed by atoms with E-state index in [2.05, 4.69) is 17.2 Å². The number of hydrogen-bond acceptors (Lipinski definition) is 2. The molecule has 1 aliphatic heterocycles. The molecule has 4 nitrogen and oxygen atoms in total. The summed E-state index contributed by atoms with van der Waals surface area (Å²) in [5.74, 6) is 0.793. The van der Waals surface area contributed by atoms with Crippen LogP contribution in [0.4, 0.5) is 0 Å². The highest BCUT2D eigenvalue weighted by molar-refractivity contribution is 6.05. The highest BCUT2D eigenvalue weighted by atomic mass is 16.1. The van der Waals surface area contributed by atoms with Gasteiger partial charge in [0.15, 0.2) is 0 Å². The Labute approximate surface area is 106 Å². The maximum atomic E-state index is 11.4. The van der Waals surface area contributed by atoms with Crippen LogP contribution in [0.3, 0.4) is 0 Å². The molecule has 1 aliphatic rings. The van der Waals surface area contributed by atoms with E-state index < -0.39 is 0 Å². The monoisotopic (exact) mass is 243 g/mol. The zero-order valence-electron chi connectivity index (χ0n) is 10.4. The number of nitrogens with two attached hydrogens (primary N) is 1. The van der Waals surface area contributed by atoms with Gasteiger partial charge in [0.2, 0.25) is 0 Å². The first-order valence-corrected chi connectivity index (χ1v) is 6.29. The number of carbonyl (C=O) groups is 1. The Morgan fingerprint density at radius 1 is 1.39 bits per heavy atom. The molecule has 0 radical (unpaired) electrons. The molecule has 2 heterocycles. The van der Waals surface area contributed by atoms with E-state index in [1.54, 1.807) is 0 Å².